The zero-order chi connectivity index (χ0) is 19.9. The molecule has 4 nitrogen and oxygen atoms in total. The van der Waals surface area contributed by atoms with Crippen LogP contribution >= 0.6 is 12.0 Å². The molecular formula is C20H37NO3S. The van der Waals surface area contributed by atoms with Crippen LogP contribution in [0.5, 0.6) is 0 Å². The van der Waals surface area contributed by atoms with E-state index in [1.54, 1.807) is 4.90 Å². The van der Waals surface area contributed by atoms with Gasteiger partial charge in [0.1, 0.15) is 5.60 Å². The van der Waals surface area contributed by atoms with E-state index in [4.69, 9.17) is 8.92 Å². The number of allylic oxidation sites excluding steroid dienone is 5. The van der Waals surface area contributed by atoms with Crippen molar-refractivity contribution < 1.29 is 13.7 Å². The van der Waals surface area contributed by atoms with Crippen LogP contribution in [0.4, 0.5) is 4.79 Å². The lowest BCUT2D eigenvalue weighted by Gasteiger charge is -2.30. The molecule has 25 heavy (non-hydrogen) atoms. The number of nitrogens with zero attached hydrogens (tertiary/aromatic N) is 1. The highest BCUT2D eigenvalue weighted by Gasteiger charge is 2.24. The van der Waals surface area contributed by atoms with Crippen LogP contribution in [-0.4, -0.2) is 35.8 Å². The van der Waals surface area contributed by atoms with Gasteiger partial charge in [-0.25, -0.2) is 4.79 Å². The Balaban J connectivity index is 0. The molecule has 0 rings (SSSR count). The Morgan fingerprint density at radius 2 is 1.80 bits per heavy atom. The van der Waals surface area contributed by atoms with Gasteiger partial charge in [-0.05, 0) is 54.5 Å². The van der Waals surface area contributed by atoms with Gasteiger partial charge >= 0.3 is 6.09 Å². The lowest BCUT2D eigenvalue weighted by molar-refractivity contribution is 0.0151. The van der Waals surface area contributed by atoms with Crippen LogP contribution in [0.25, 0.3) is 0 Å². The summed E-state index contributed by atoms with van der Waals surface area (Å²) in [7, 11) is 0. The molecule has 1 unspecified atom stereocenters. The number of likely N-dealkylation sites (N-methyl/N-ethyl adjacent to an activating group) is 1. The first-order valence-corrected chi connectivity index (χ1v) is 9.74. The molecule has 0 spiro atoms. The molecule has 0 aliphatic carbocycles. The SMILES string of the molecule is CC.C\C=C/C(=C\C=C\C)SOCC(C)N(CC)C(=O)OC(C)(C)C. The topological polar surface area (TPSA) is 38.8 Å². The molecule has 0 saturated heterocycles. The fraction of sp³-hybridized carbons (Fsp3) is 0.650. The van der Waals surface area contributed by atoms with Crippen LogP contribution in [0.3, 0.4) is 0 Å². The Labute approximate surface area is 159 Å². The summed E-state index contributed by atoms with van der Waals surface area (Å²) in [5, 5.41) is 0. The van der Waals surface area contributed by atoms with Gasteiger partial charge in [-0.15, -0.1) is 0 Å². The van der Waals surface area contributed by atoms with Gasteiger partial charge in [0.25, 0.3) is 0 Å². The molecule has 0 aromatic carbocycles. The third-order valence-electron chi connectivity index (χ3n) is 2.75. The van der Waals surface area contributed by atoms with Crippen molar-refractivity contribution in [2.24, 2.45) is 0 Å². The second kappa shape index (κ2) is 15.1. The Hall–Kier alpha value is -1.20. The molecule has 1 atom stereocenters. The number of hydrogen-bond acceptors (Lipinski definition) is 4. The molecule has 1 amide bonds. The van der Waals surface area contributed by atoms with Crippen LogP contribution in [0, 0.1) is 0 Å². The van der Waals surface area contributed by atoms with E-state index in [2.05, 4.69) is 0 Å². The second-order valence-corrected chi connectivity index (χ2v) is 6.95. The predicted molar refractivity (Wildman–Crippen MR) is 111 cm³/mol. The molecule has 0 aliphatic heterocycles. The Morgan fingerprint density at radius 3 is 2.24 bits per heavy atom. The van der Waals surface area contributed by atoms with Gasteiger partial charge in [-0.2, -0.15) is 0 Å². The van der Waals surface area contributed by atoms with Crippen molar-refractivity contribution in [3.05, 3.63) is 35.3 Å². The largest absolute Gasteiger partial charge is 0.444 e. The van der Waals surface area contributed by atoms with Crippen LogP contribution in [0.15, 0.2) is 35.3 Å². The Morgan fingerprint density at radius 1 is 1.20 bits per heavy atom. The zero-order valence-corrected chi connectivity index (χ0v) is 18.3. The van der Waals surface area contributed by atoms with Gasteiger partial charge in [0.15, 0.2) is 0 Å². The monoisotopic (exact) mass is 371 g/mol. The van der Waals surface area contributed by atoms with Crippen molar-refractivity contribution in [2.45, 2.75) is 74.0 Å². The molecule has 0 fully saturated rings. The third kappa shape index (κ3) is 13.7. The van der Waals surface area contributed by atoms with Gasteiger partial charge in [0.05, 0.1) is 12.6 Å². The minimum absolute atomic E-state index is 0.0593. The highest BCUT2D eigenvalue weighted by molar-refractivity contribution is 7.98. The normalized spacial score (nSPS) is 13.6. The van der Waals surface area contributed by atoms with E-state index in [9.17, 15) is 4.79 Å². The number of hydrogen-bond donors (Lipinski definition) is 0. The lowest BCUT2D eigenvalue weighted by Crippen LogP contribution is -2.43. The number of carbonyl (C=O) groups is 1. The van der Waals surface area contributed by atoms with E-state index >= 15 is 0 Å². The molecule has 146 valence electrons. The summed E-state index contributed by atoms with van der Waals surface area (Å²) < 4.78 is 11.1. The lowest BCUT2D eigenvalue weighted by atomic mass is 10.2. The minimum Gasteiger partial charge on any atom is -0.444 e. The first-order valence-electron chi connectivity index (χ1n) is 8.99. The Kier molecular flexibility index (Phi) is 15.7. The van der Waals surface area contributed by atoms with E-state index in [0.717, 1.165) is 4.91 Å². The molecule has 0 N–H and O–H groups in total. The molecule has 0 heterocycles. The third-order valence-corrected chi connectivity index (χ3v) is 3.47. The maximum absolute atomic E-state index is 12.2. The van der Waals surface area contributed by atoms with Crippen LogP contribution in [0.2, 0.25) is 0 Å². The maximum Gasteiger partial charge on any atom is 0.410 e. The summed E-state index contributed by atoms with van der Waals surface area (Å²) in [6, 6.07) is -0.0593. The summed E-state index contributed by atoms with van der Waals surface area (Å²) in [5.41, 5.74) is -0.492. The number of carbonyl (C=O) groups excluding carboxylic acids is 1. The van der Waals surface area contributed by atoms with Crippen molar-refractivity contribution in [3.63, 3.8) is 0 Å². The van der Waals surface area contributed by atoms with Crippen molar-refractivity contribution in [1.29, 1.82) is 0 Å². The van der Waals surface area contributed by atoms with Crippen molar-refractivity contribution in [2.75, 3.05) is 13.2 Å². The van der Waals surface area contributed by atoms with E-state index < -0.39 is 5.60 Å². The summed E-state index contributed by atoms with van der Waals surface area (Å²) in [4.78, 5) is 14.9. The van der Waals surface area contributed by atoms with Gasteiger partial charge in [0.2, 0.25) is 0 Å². The van der Waals surface area contributed by atoms with Crippen molar-refractivity contribution in [3.8, 4) is 0 Å². The summed E-state index contributed by atoms with van der Waals surface area (Å²) in [5.74, 6) is 0. The minimum atomic E-state index is -0.492. The molecule has 0 aliphatic rings. The molecule has 0 aromatic rings. The van der Waals surface area contributed by atoms with Gasteiger partial charge in [-0.1, -0.05) is 38.2 Å². The van der Waals surface area contributed by atoms with Gasteiger partial charge < -0.3 is 13.8 Å². The van der Waals surface area contributed by atoms with Crippen molar-refractivity contribution in [1.82, 2.24) is 4.90 Å². The van der Waals surface area contributed by atoms with E-state index in [0.29, 0.717) is 13.2 Å². The summed E-state index contributed by atoms with van der Waals surface area (Å²) >= 11 is 1.31. The van der Waals surface area contributed by atoms with Crippen LogP contribution in [0.1, 0.15) is 62.3 Å². The van der Waals surface area contributed by atoms with Crippen molar-refractivity contribution >= 4 is 18.1 Å². The molecule has 5 heteroatoms. The standard InChI is InChI=1S/C18H31NO3S.C2H6/c1-8-11-13-16(12-9-2)23-21-14-15(4)19(10-3)17(20)22-18(5,6)7;1-2/h8-9,11-13,15H,10,14H2,1-7H3;1-2H3/b11-8+,12-9-,16-13+;. The average Bonchev–Trinajstić information content (AvgIpc) is 2.53. The van der Waals surface area contributed by atoms with Gasteiger partial charge in [-0.3, -0.25) is 0 Å². The number of rotatable bonds is 8. The maximum atomic E-state index is 12.2. The summed E-state index contributed by atoms with van der Waals surface area (Å²) in [6.07, 6.45) is 9.57. The quantitative estimate of drug-likeness (QED) is 0.367. The van der Waals surface area contributed by atoms with E-state index in [1.807, 2.05) is 92.7 Å². The Bertz CT molecular complexity index is 437. The summed E-state index contributed by atoms with van der Waals surface area (Å²) in [6.45, 7) is 18.4. The first-order chi connectivity index (χ1) is 11.7. The smallest absolute Gasteiger partial charge is 0.410 e. The molecule has 0 saturated carbocycles. The van der Waals surface area contributed by atoms with E-state index in [-0.39, 0.29) is 12.1 Å². The van der Waals surface area contributed by atoms with E-state index in [1.165, 1.54) is 12.0 Å². The number of amides is 1. The molecule has 0 aromatic heterocycles. The number of ether oxygens (including phenoxy) is 1. The molecule has 0 bridgehead atoms. The first kappa shape index (κ1) is 26.0. The second-order valence-electron chi connectivity index (χ2n) is 6.08. The highest BCUT2D eigenvalue weighted by atomic mass is 32.2. The van der Waals surface area contributed by atoms with Crippen LogP contribution < -0.4 is 0 Å². The highest BCUT2D eigenvalue weighted by Crippen LogP contribution is 2.20. The zero-order valence-electron chi connectivity index (χ0n) is 17.5. The van der Waals surface area contributed by atoms with Gasteiger partial charge in [0, 0.05) is 23.5 Å². The average molecular weight is 372 g/mol. The fourth-order valence-corrected chi connectivity index (χ4v) is 2.43. The van der Waals surface area contributed by atoms with Crippen LogP contribution in [-0.2, 0) is 8.92 Å². The molecule has 0 radical (unpaired) electrons. The predicted octanol–water partition coefficient (Wildman–Crippen LogP) is 6.36. The molecular weight excluding hydrogens is 334 g/mol. The fourth-order valence-electron chi connectivity index (χ4n) is 1.70.